The molecule has 0 saturated carbocycles. The first-order chi connectivity index (χ1) is 10.3. The fourth-order valence-corrected chi connectivity index (χ4v) is 2.69. The van der Waals surface area contributed by atoms with Crippen LogP contribution in [-0.2, 0) is 4.74 Å². The highest BCUT2D eigenvalue weighted by Crippen LogP contribution is 2.28. The lowest BCUT2D eigenvalue weighted by atomic mass is 10.1. The average Bonchev–Trinajstić information content (AvgIpc) is 3.20. The second kappa shape index (κ2) is 5.99. The lowest BCUT2D eigenvalue weighted by Gasteiger charge is -2.21. The highest BCUT2D eigenvalue weighted by molar-refractivity contribution is 5.96. The third-order valence-corrected chi connectivity index (χ3v) is 3.69. The van der Waals surface area contributed by atoms with E-state index in [2.05, 4.69) is 10.00 Å². The first-order valence-corrected chi connectivity index (χ1v) is 7.35. The van der Waals surface area contributed by atoms with Crippen molar-refractivity contribution in [2.45, 2.75) is 19.8 Å². The van der Waals surface area contributed by atoms with Crippen molar-refractivity contribution in [3.63, 3.8) is 0 Å². The number of nitrogens with zero attached hydrogens (tertiary/aromatic N) is 3. The Morgan fingerprint density at radius 1 is 1.33 bits per heavy atom. The Labute approximate surface area is 124 Å². The van der Waals surface area contributed by atoms with E-state index < -0.39 is 0 Å². The van der Waals surface area contributed by atoms with Crippen LogP contribution in [0.1, 0.15) is 30.1 Å². The van der Waals surface area contributed by atoms with Crippen molar-refractivity contribution in [2.24, 2.45) is 0 Å². The Balaban J connectivity index is 2.01. The molecule has 1 aliphatic rings. The van der Waals surface area contributed by atoms with Crippen molar-refractivity contribution in [2.75, 3.05) is 24.6 Å². The predicted molar refractivity (Wildman–Crippen MR) is 81.0 cm³/mol. The molecule has 2 aromatic rings. The summed E-state index contributed by atoms with van der Waals surface area (Å²) >= 11 is 0. The molecule has 0 aliphatic carbocycles. The van der Waals surface area contributed by atoms with Gasteiger partial charge in [-0.05, 0) is 44.0 Å². The Kier molecular flexibility index (Phi) is 3.90. The van der Waals surface area contributed by atoms with Crippen molar-refractivity contribution >= 4 is 11.7 Å². The van der Waals surface area contributed by atoms with Crippen LogP contribution >= 0.6 is 0 Å². The molecular weight excluding hydrogens is 266 g/mol. The summed E-state index contributed by atoms with van der Waals surface area (Å²) < 4.78 is 6.97. The van der Waals surface area contributed by atoms with Crippen LogP contribution < -0.4 is 4.90 Å². The summed E-state index contributed by atoms with van der Waals surface area (Å²) in [6, 6.07) is 7.64. The van der Waals surface area contributed by atoms with E-state index in [1.807, 2.05) is 37.4 Å². The number of carbonyl (C=O) groups is 1. The minimum Gasteiger partial charge on any atom is -0.462 e. The SMILES string of the molecule is CCOC(=O)c1ccc(-n2cccn2)cc1N1CCCC1. The highest BCUT2D eigenvalue weighted by Gasteiger charge is 2.21. The molecule has 1 saturated heterocycles. The lowest BCUT2D eigenvalue weighted by molar-refractivity contribution is 0.0527. The Morgan fingerprint density at radius 3 is 2.81 bits per heavy atom. The minimum atomic E-state index is -0.258. The van der Waals surface area contributed by atoms with Crippen LogP contribution in [0.3, 0.4) is 0 Å². The maximum Gasteiger partial charge on any atom is 0.340 e. The molecule has 2 heterocycles. The maximum atomic E-state index is 12.1. The van der Waals surface area contributed by atoms with Crippen LogP contribution in [-0.4, -0.2) is 35.4 Å². The molecule has 0 N–H and O–H groups in total. The monoisotopic (exact) mass is 285 g/mol. The van der Waals surface area contributed by atoms with Gasteiger partial charge in [-0.15, -0.1) is 0 Å². The molecule has 1 aromatic heterocycles. The van der Waals surface area contributed by atoms with Gasteiger partial charge in [0.1, 0.15) is 0 Å². The van der Waals surface area contributed by atoms with Crippen LogP contribution in [0.4, 0.5) is 5.69 Å². The first-order valence-electron chi connectivity index (χ1n) is 7.35. The standard InChI is InChI=1S/C16H19N3O2/c1-2-21-16(20)14-7-6-13(19-11-5-8-17-19)12-15(14)18-9-3-4-10-18/h5-8,11-12H,2-4,9-10H2,1H3. The summed E-state index contributed by atoms with van der Waals surface area (Å²) in [6.45, 7) is 4.18. The number of hydrogen-bond donors (Lipinski definition) is 0. The van der Waals surface area contributed by atoms with Gasteiger partial charge < -0.3 is 9.64 Å². The van der Waals surface area contributed by atoms with E-state index in [1.54, 1.807) is 10.9 Å². The second-order valence-electron chi connectivity index (χ2n) is 5.07. The molecule has 21 heavy (non-hydrogen) atoms. The van der Waals surface area contributed by atoms with E-state index in [1.165, 1.54) is 0 Å². The molecule has 0 unspecified atom stereocenters. The summed E-state index contributed by atoms with van der Waals surface area (Å²) in [5, 5.41) is 4.25. The number of hydrogen-bond acceptors (Lipinski definition) is 4. The summed E-state index contributed by atoms with van der Waals surface area (Å²) in [5.74, 6) is -0.258. The quantitative estimate of drug-likeness (QED) is 0.810. The van der Waals surface area contributed by atoms with Crippen LogP contribution in [0.25, 0.3) is 5.69 Å². The van der Waals surface area contributed by atoms with Crippen molar-refractivity contribution in [3.05, 3.63) is 42.2 Å². The van der Waals surface area contributed by atoms with Crippen molar-refractivity contribution in [1.82, 2.24) is 9.78 Å². The zero-order valence-electron chi connectivity index (χ0n) is 12.2. The van der Waals surface area contributed by atoms with Gasteiger partial charge >= 0.3 is 5.97 Å². The van der Waals surface area contributed by atoms with Gasteiger partial charge in [0.2, 0.25) is 0 Å². The molecule has 0 bridgehead atoms. The molecule has 1 aliphatic heterocycles. The third-order valence-electron chi connectivity index (χ3n) is 3.69. The van der Waals surface area contributed by atoms with Gasteiger partial charge in [0.25, 0.3) is 0 Å². The van der Waals surface area contributed by atoms with E-state index in [0.717, 1.165) is 37.3 Å². The number of aromatic nitrogens is 2. The Bertz CT molecular complexity index is 616. The molecule has 1 fully saturated rings. The average molecular weight is 285 g/mol. The molecule has 0 amide bonds. The number of ether oxygens (including phenoxy) is 1. The van der Waals surface area contributed by atoms with E-state index in [9.17, 15) is 4.79 Å². The summed E-state index contributed by atoms with van der Waals surface area (Å²) in [7, 11) is 0. The maximum absolute atomic E-state index is 12.1. The van der Waals surface area contributed by atoms with E-state index in [-0.39, 0.29) is 5.97 Å². The van der Waals surface area contributed by atoms with Gasteiger partial charge in [-0.1, -0.05) is 0 Å². The smallest absolute Gasteiger partial charge is 0.340 e. The zero-order valence-corrected chi connectivity index (χ0v) is 12.2. The lowest BCUT2D eigenvalue weighted by Crippen LogP contribution is -2.21. The molecule has 5 heteroatoms. The van der Waals surface area contributed by atoms with Crippen molar-refractivity contribution in [3.8, 4) is 5.69 Å². The molecule has 5 nitrogen and oxygen atoms in total. The third kappa shape index (κ3) is 2.77. The molecular formula is C16H19N3O2. The molecule has 1 aromatic carbocycles. The Hall–Kier alpha value is -2.30. The van der Waals surface area contributed by atoms with Crippen molar-refractivity contribution in [1.29, 1.82) is 0 Å². The number of carbonyl (C=O) groups excluding carboxylic acids is 1. The zero-order chi connectivity index (χ0) is 14.7. The molecule has 110 valence electrons. The highest BCUT2D eigenvalue weighted by atomic mass is 16.5. The van der Waals surface area contributed by atoms with Crippen LogP contribution in [0.5, 0.6) is 0 Å². The number of benzene rings is 1. The molecule has 0 radical (unpaired) electrons. The van der Waals surface area contributed by atoms with Crippen LogP contribution in [0, 0.1) is 0 Å². The van der Waals surface area contributed by atoms with Gasteiger partial charge in [-0.2, -0.15) is 5.10 Å². The Morgan fingerprint density at radius 2 is 2.14 bits per heavy atom. The van der Waals surface area contributed by atoms with Gasteiger partial charge in [-0.25, -0.2) is 9.48 Å². The van der Waals surface area contributed by atoms with E-state index in [4.69, 9.17) is 4.74 Å². The summed E-state index contributed by atoms with van der Waals surface area (Å²) in [6.07, 6.45) is 5.96. The van der Waals surface area contributed by atoms with E-state index in [0.29, 0.717) is 12.2 Å². The molecule has 0 atom stereocenters. The fourth-order valence-electron chi connectivity index (χ4n) is 2.69. The van der Waals surface area contributed by atoms with Crippen molar-refractivity contribution < 1.29 is 9.53 Å². The largest absolute Gasteiger partial charge is 0.462 e. The number of anilines is 1. The first kappa shape index (κ1) is 13.7. The van der Waals surface area contributed by atoms with Gasteiger partial charge in [-0.3, -0.25) is 0 Å². The van der Waals surface area contributed by atoms with Gasteiger partial charge in [0.05, 0.1) is 23.5 Å². The number of esters is 1. The fraction of sp³-hybridized carbons (Fsp3) is 0.375. The van der Waals surface area contributed by atoms with Gasteiger partial charge in [0, 0.05) is 25.5 Å². The second-order valence-corrected chi connectivity index (χ2v) is 5.07. The van der Waals surface area contributed by atoms with Crippen LogP contribution in [0.2, 0.25) is 0 Å². The topological polar surface area (TPSA) is 47.4 Å². The van der Waals surface area contributed by atoms with Gasteiger partial charge in [0.15, 0.2) is 0 Å². The number of rotatable bonds is 4. The predicted octanol–water partition coefficient (Wildman–Crippen LogP) is 2.65. The summed E-state index contributed by atoms with van der Waals surface area (Å²) in [5.41, 5.74) is 2.53. The summed E-state index contributed by atoms with van der Waals surface area (Å²) in [4.78, 5) is 14.4. The molecule has 0 spiro atoms. The van der Waals surface area contributed by atoms with Crippen LogP contribution in [0.15, 0.2) is 36.7 Å². The normalized spacial score (nSPS) is 14.4. The minimum absolute atomic E-state index is 0.258. The van der Waals surface area contributed by atoms with E-state index >= 15 is 0 Å². The molecule has 3 rings (SSSR count).